The van der Waals surface area contributed by atoms with E-state index in [9.17, 15) is 0 Å². The van der Waals surface area contributed by atoms with E-state index in [1.54, 1.807) is 0 Å². The monoisotopic (exact) mass is 250 g/mol. The molecule has 4 unspecified atom stereocenters. The highest BCUT2D eigenvalue weighted by molar-refractivity contribution is 4.93. The van der Waals surface area contributed by atoms with Crippen molar-refractivity contribution in [3.05, 3.63) is 0 Å². The topological polar surface area (TPSA) is 6.48 Å². The van der Waals surface area contributed by atoms with Gasteiger partial charge in [-0.25, -0.2) is 0 Å². The molecule has 3 rings (SSSR count). The fraction of sp³-hybridized carbons (Fsp3) is 1.00. The minimum atomic E-state index is 0.879. The summed E-state index contributed by atoms with van der Waals surface area (Å²) < 4.78 is 0. The van der Waals surface area contributed by atoms with E-state index < -0.39 is 0 Å². The second kappa shape index (κ2) is 5.50. The molecule has 3 heterocycles. The van der Waals surface area contributed by atoms with E-state index in [2.05, 4.69) is 23.8 Å². The van der Waals surface area contributed by atoms with Gasteiger partial charge in [0.2, 0.25) is 0 Å². The number of likely N-dealkylation sites (tertiary alicyclic amines) is 1. The van der Waals surface area contributed by atoms with Crippen LogP contribution in [0.2, 0.25) is 0 Å². The zero-order valence-electron chi connectivity index (χ0n) is 12.3. The predicted octanol–water partition coefficient (Wildman–Crippen LogP) is 2.98. The zero-order valence-corrected chi connectivity index (χ0v) is 12.3. The number of hydrogen-bond donors (Lipinski definition) is 0. The van der Waals surface area contributed by atoms with Crippen molar-refractivity contribution < 1.29 is 0 Å². The van der Waals surface area contributed by atoms with E-state index in [0.717, 1.165) is 23.9 Å². The molecule has 3 saturated heterocycles. The molecule has 0 saturated carbocycles. The number of hydrogen-bond acceptors (Lipinski definition) is 2. The van der Waals surface area contributed by atoms with E-state index in [-0.39, 0.29) is 0 Å². The Labute approximate surface area is 113 Å². The van der Waals surface area contributed by atoms with Gasteiger partial charge in [-0.2, -0.15) is 0 Å². The quantitative estimate of drug-likeness (QED) is 0.706. The average molecular weight is 250 g/mol. The van der Waals surface area contributed by atoms with Crippen molar-refractivity contribution in [2.45, 2.75) is 64.0 Å². The van der Waals surface area contributed by atoms with Crippen molar-refractivity contribution in [2.75, 3.05) is 26.7 Å². The molecule has 2 nitrogen and oxygen atoms in total. The van der Waals surface area contributed by atoms with Crippen LogP contribution in [0.4, 0.5) is 0 Å². The lowest BCUT2D eigenvalue weighted by atomic mass is 9.75. The number of rotatable bonds is 1. The molecule has 0 aliphatic carbocycles. The summed E-state index contributed by atoms with van der Waals surface area (Å²) >= 11 is 0. The number of fused-ring (bicyclic) bond motifs is 1. The Hall–Kier alpha value is -0.0800. The molecular weight excluding hydrogens is 220 g/mol. The highest BCUT2D eigenvalue weighted by Gasteiger charge is 2.39. The van der Waals surface area contributed by atoms with E-state index >= 15 is 0 Å². The van der Waals surface area contributed by atoms with Crippen LogP contribution in [0.1, 0.15) is 51.9 Å². The minimum absolute atomic E-state index is 0.879. The lowest BCUT2D eigenvalue weighted by Crippen LogP contribution is -2.55. The maximum absolute atomic E-state index is 2.84. The molecule has 18 heavy (non-hydrogen) atoms. The molecule has 0 radical (unpaired) electrons. The van der Waals surface area contributed by atoms with Gasteiger partial charge in [-0.3, -0.25) is 4.90 Å². The average Bonchev–Trinajstić information content (AvgIpc) is 2.39. The molecule has 0 aromatic carbocycles. The SMILES string of the molecule is CC1CC(C2CCCCN2C)CN2CCCCC12. The van der Waals surface area contributed by atoms with Crippen LogP contribution in [0.3, 0.4) is 0 Å². The smallest absolute Gasteiger partial charge is 0.0133 e. The summed E-state index contributed by atoms with van der Waals surface area (Å²) in [5.41, 5.74) is 0. The van der Waals surface area contributed by atoms with Crippen molar-refractivity contribution in [1.29, 1.82) is 0 Å². The second-order valence-corrected chi connectivity index (χ2v) is 7.07. The van der Waals surface area contributed by atoms with Crippen molar-refractivity contribution in [3.63, 3.8) is 0 Å². The lowest BCUT2D eigenvalue weighted by Gasteiger charge is -2.50. The molecule has 0 amide bonds. The first kappa shape index (κ1) is 12.9. The molecule has 3 aliphatic rings. The molecule has 0 N–H and O–H groups in total. The second-order valence-electron chi connectivity index (χ2n) is 7.07. The van der Waals surface area contributed by atoms with Gasteiger partial charge in [-0.1, -0.05) is 19.8 Å². The van der Waals surface area contributed by atoms with E-state index in [0.29, 0.717) is 0 Å². The first-order valence-corrected chi connectivity index (χ1v) is 8.20. The summed E-state index contributed by atoms with van der Waals surface area (Å²) in [6, 6.07) is 1.80. The summed E-state index contributed by atoms with van der Waals surface area (Å²) in [4.78, 5) is 5.50. The molecule has 0 spiro atoms. The molecule has 2 heteroatoms. The Morgan fingerprint density at radius 2 is 1.61 bits per heavy atom. The first-order valence-electron chi connectivity index (χ1n) is 8.20. The maximum atomic E-state index is 2.84. The van der Waals surface area contributed by atoms with Gasteiger partial charge in [0.15, 0.2) is 0 Å². The highest BCUT2D eigenvalue weighted by Crippen LogP contribution is 2.37. The largest absolute Gasteiger partial charge is 0.303 e. The summed E-state index contributed by atoms with van der Waals surface area (Å²) in [5.74, 6) is 1.87. The van der Waals surface area contributed by atoms with Crippen molar-refractivity contribution >= 4 is 0 Å². The summed E-state index contributed by atoms with van der Waals surface area (Å²) in [6.45, 7) is 6.61. The van der Waals surface area contributed by atoms with Gasteiger partial charge in [-0.05, 0) is 64.1 Å². The number of piperidine rings is 3. The third kappa shape index (κ3) is 2.46. The molecule has 0 aromatic heterocycles. The van der Waals surface area contributed by atoms with Crippen LogP contribution in [-0.2, 0) is 0 Å². The van der Waals surface area contributed by atoms with Crippen molar-refractivity contribution in [1.82, 2.24) is 9.80 Å². The van der Waals surface area contributed by atoms with Crippen LogP contribution in [0, 0.1) is 11.8 Å². The molecular formula is C16H30N2. The lowest BCUT2D eigenvalue weighted by molar-refractivity contribution is -0.00405. The third-order valence-corrected chi connectivity index (χ3v) is 5.84. The standard InChI is InChI=1S/C16H30N2/c1-13-11-14(16-8-3-5-9-17(16)2)12-18-10-6-4-7-15(13)18/h13-16H,3-12H2,1-2H3. The van der Waals surface area contributed by atoms with Gasteiger partial charge in [0, 0.05) is 18.6 Å². The van der Waals surface area contributed by atoms with Crippen LogP contribution >= 0.6 is 0 Å². The molecule has 4 atom stereocenters. The molecule has 0 aromatic rings. The van der Waals surface area contributed by atoms with Crippen LogP contribution in [0.25, 0.3) is 0 Å². The van der Waals surface area contributed by atoms with Gasteiger partial charge in [0.1, 0.15) is 0 Å². The maximum Gasteiger partial charge on any atom is 0.0133 e. The van der Waals surface area contributed by atoms with E-state index in [1.807, 2.05) is 0 Å². The highest BCUT2D eigenvalue weighted by atomic mass is 15.2. The van der Waals surface area contributed by atoms with Gasteiger partial charge >= 0.3 is 0 Å². The Morgan fingerprint density at radius 3 is 2.39 bits per heavy atom. The Bertz CT molecular complexity index is 278. The van der Waals surface area contributed by atoms with E-state index in [4.69, 9.17) is 0 Å². The molecule has 3 aliphatic heterocycles. The van der Waals surface area contributed by atoms with Gasteiger partial charge < -0.3 is 4.90 Å². The Morgan fingerprint density at radius 1 is 0.889 bits per heavy atom. The Balaban J connectivity index is 1.66. The van der Waals surface area contributed by atoms with Gasteiger partial charge in [0.05, 0.1) is 0 Å². The van der Waals surface area contributed by atoms with E-state index in [1.165, 1.54) is 64.6 Å². The first-order chi connectivity index (χ1) is 8.75. The summed E-state index contributed by atoms with van der Waals surface area (Å²) in [7, 11) is 2.36. The molecule has 3 fully saturated rings. The molecule has 0 bridgehead atoms. The number of nitrogens with zero attached hydrogens (tertiary/aromatic N) is 2. The minimum Gasteiger partial charge on any atom is -0.303 e. The Kier molecular flexibility index (Phi) is 3.95. The third-order valence-electron chi connectivity index (χ3n) is 5.84. The van der Waals surface area contributed by atoms with Crippen LogP contribution < -0.4 is 0 Å². The zero-order chi connectivity index (χ0) is 12.5. The van der Waals surface area contributed by atoms with Gasteiger partial charge in [-0.15, -0.1) is 0 Å². The summed E-state index contributed by atoms with van der Waals surface area (Å²) in [5, 5.41) is 0. The van der Waals surface area contributed by atoms with Crippen molar-refractivity contribution in [2.24, 2.45) is 11.8 Å². The van der Waals surface area contributed by atoms with Crippen molar-refractivity contribution in [3.8, 4) is 0 Å². The van der Waals surface area contributed by atoms with Gasteiger partial charge in [0.25, 0.3) is 0 Å². The normalized spacial score (nSPS) is 43.7. The van der Waals surface area contributed by atoms with Crippen LogP contribution in [0.15, 0.2) is 0 Å². The fourth-order valence-corrected chi connectivity index (χ4v) is 4.87. The van der Waals surface area contributed by atoms with Crippen LogP contribution in [-0.4, -0.2) is 48.6 Å². The summed E-state index contributed by atoms with van der Waals surface area (Å²) in [6.07, 6.45) is 10.2. The van der Waals surface area contributed by atoms with Crippen LogP contribution in [0.5, 0.6) is 0 Å². The molecule has 104 valence electrons. The predicted molar refractivity (Wildman–Crippen MR) is 76.8 cm³/mol. The fourth-order valence-electron chi connectivity index (χ4n) is 4.87.